The number of ether oxygens (including phenoxy) is 1. The summed E-state index contributed by atoms with van der Waals surface area (Å²) in [7, 11) is 0. The Labute approximate surface area is 136 Å². The zero-order chi connectivity index (χ0) is 15.2. The Bertz CT molecular complexity index is 596. The Balaban J connectivity index is 1.48. The number of nitrogens with one attached hydrogen (secondary N) is 2. The molecule has 2 aromatic rings. The van der Waals surface area contributed by atoms with Crippen LogP contribution >= 0.6 is 11.6 Å². The lowest BCUT2D eigenvalue weighted by Gasteiger charge is -2.27. The van der Waals surface area contributed by atoms with Crippen LogP contribution in [0, 0.1) is 5.92 Å². The molecule has 2 N–H and O–H groups in total. The van der Waals surface area contributed by atoms with Gasteiger partial charge in [-0.05, 0) is 41.3 Å². The number of hydrogen-bond acceptors (Lipinski definition) is 3. The summed E-state index contributed by atoms with van der Waals surface area (Å²) in [5.74, 6) is 1.68. The molecule has 3 rings (SSSR count). The molecule has 0 unspecified atom stereocenters. The average molecular weight is 317 g/mol. The highest BCUT2D eigenvalue weighted by Crippen LogP contribution is 2.16. The zero-order valence-electron chi connectivity index (χ0n) is 12.5. The molecule has 3 nitrogen and oxygen atoms in total. The Morgan fingerprint density at radius 2 is 1.91 bits per heavy atom. The fourth-order valence-electron chi connectivity index (χ4n) is 2.41. The van der Waals surface area contributed by atoms with Crippen molar-refractivity contribution < 1.29 is 4.74 Å². The predicted octanol–water partition coefficient (Wildman–Crippen LogP) is 3.23. The molecule has 0 spiro atoms. The van der Waals surface area contributed by atoms with Crippen molar-refractivity contribution in [3.05, 3.63) is 64.7 Å². The number of hydrogen-bond donors (Lipinski definition) is 2. The first-order valence-electron chi connectivity index (χ1n) is 7.67. The van der Waals surface area contributed by atoms with Crippen LogP contribution in [0.25, 0.3) is 0 Å². The summed E-state index contributed by atoms with van der Waals surface area (Å²) >= 11 is 5.88. The second-order valence-electron chi connectivity index (χ2n) is 5.72. The van der Waals surface area contributed by atoms with E-state index in [0.29, 0.717) is 6.61 Å². The maximum atomic E-state index is 5.88. The lowest BCUT2D eigenvalue weighted by molar-refractivity contribution is 0.305. The molecule has 0 aromatic heterocycles. The Morgan fingerprint density at radius 1 is 1.09 bits per heavy atom. The molecule has 1 aliphatic heterocycles. The molecule has 1 saturated heterocycles. The number of rotatable bonds is 7. The van der Waals surface area contributed by atoms with Crippen molar-refractivity contribution in [2.75, 3.05) is 19.6 Å². The molecule has 4 heteroatoms. The van der Waals surface area contributed by atoms with Gasteiger partial charge in [0, 0.05) is 31.2 Å². The van der Waals surface area contributed by atoms with E-state index in [-0.39, 0.29) is 0 Å². The fraction of sp³-hybridized carbons (Fsp3) is 0.333. The van der Waals surface area contributed by atoms with Crippen molar-refractivity contribution in [2.24, 2.45) is 5.92 Å². The minimum atomic E-state index is 0.557. The zero-order valence-corrected chi connectivity index (χ0v) is 13.3. The Hall–Kier alpha value is -1.55. The summed E-state index contributed by atoms with van der Waals surface area (Å²) in [6, 6.07) is 16.0. The van der Waals surface area contributed by atoms with E-state index in [9.17, 15) is 0 Å². The summed E-state index contributed by atoms with van der Waals surface area (Å²) in [6.45, 7) is 4.79. The van der Waals surface area contributed by atoms with Crippen molar-refractivity contribution >= 4 is 11.6 Å². The van der Waals surface area contributed by atoms with Crippen LogP contribution < -0.4 is 15.4 Å². The third kappa shape index (κ3) is 4.47. The molecule has 2 aromatic carbocycles. The number of halogens is 1. The van der Waals surface area contributed by atoms with E-state index in [4.69, 9.17) is 16.3 Å². The second kappa shape index (κ2) is 7.63. The first kappa shape index (κ1) is 15.3. The van der Waals surface area contributed by atoms with Crippen LogP contribution in [0.1, 0.15) is 11.1 Å². The summed E-state index contributed by atoms with van der Waals surface area (Å²) < 4.78 is 5.85. The van der Waals surface area contributed by atoms with E-state index >= 15 is 0 Å². The third-order valence-electron chi connectivity index (χ3n) is 3.85. The molecular formula is C18H21ClN2O. The maximum absolute atomic E-state index is 5.88. The molecule has 0 bridgehead atoms. The highest BCUT2D eigenvalue weighted by Gasteiger charge is 2.15. The molecule has 0 amide bonds. The van der Waals surface area contributed by atoms with Gasteiger partial charge in [-0.3, -0.25) is 0 Å². The molecular weight excluding hydrogens is 296 g/mol. The van der Waals surface area contributed by atoms with Crippen molar-refractivity contribution in [3.63, 3.8) is 0 Å². The van der Waals surface area contributed by atoms with Crippen molar-refractivity contribution in [3.8, 4) is 5.75 Å². The van der Waals surface area contributed by atoms with Gasteiger partial charge in [-0.25, -0.2) is 0 Å². The monoisotopic (exact) mass is 316 g/mol. The van der Waals surface area contributed by atoms with E-state index in [1.807, 2.05) is 36.4 Å². The van der Waals surface area contributed by atoms with Crippen LogP contribution in [0.5, 0.6) is 5.75 Å². The predicted molar refractivity (Wildman–Crippen MR) is 90.3 cm³/mol. The van der Waals surface area contributed by atoms with E-state index in [1.165, 1.54) is 5.56 Å². The molecule has 0 aliphatic carbocycles. The normalized spacial score (nSPS) is 14.6. The highest BCUT2D eigenvalue weighted by molar-refractivity contribution is 6.30. The van der Waals surface area contributed by atoms with Gasteiger partial charge in [-0.1, -0.05) is 35.9 Å². The lowest BCUT2D eigenvalue weighted by atomic mass is 10.0. The van der Waals surface area contributed by atoms with Gasteiger partial charge in [-0.15, -0.1) is 0 Å². The van der Waals surface area contributed by atoms with Crippen LogP contribution in [0.15, 0.2) is 48.5 Å². The minimum Gasteiger partial charge on any atom is -0.489 e. The summed E-state index contributed by atoms with van der Waals surface area (Å²) in [5, 5.41) is 7.54. The van der Waals surface area contributed by atoms with Crippen molar-refractivity contribution in [1.29, 1.82) is 0 Å². The topological polar surface area (TPSA) is 33.3 Å². The van der Waals surface area contributed by atoms with Crippen molar-refractivity contribution in [2.45, 2.75) is 13.2 Å². The van der Waals surface area contributed by atoms with Gasteiger partial charge in [0.15, 0.2) is 0 Å². The molecule has 1 fully saturated rings. The van der Waals surface area contributed by atoms with Gasteiger partial charge in [0.25, 0.3) is 0 Å². The largest absolute Gasteiger partial charge is 0.489 e. The van der Waals surface area contributed by atoms with Crippen molar-refractivity contribution in [1.82, 2.24) is 10.6 Å². The van der Waals surface area contributed by atoms with Gasteiger partial charge >= 0.3 is 0 Å². The van der Waals surface area contributed by atoms with Crippen LogP contribution in [0.4, 0.5) is 0 Å². The Morgan fingerprint density at radius 3 is 2.64 bits per heavy atom. The minimum absolute atomic E-state index is 0.557. The first-order chi connectivity index (χ1) is 10.8. The third-order valence-corrected chi connectivity index (χ3v) is 4.10. The highest BCUT2D eigenvalue weighted by atomic mass is 35.5. The van der Waals surface area contributed by atoms with E-state index < -0.39 is 0 Å². The summed E-state index contributed by atoms with van der Waals surface area (Å²) in [5.41, 5.74) is 2.37. The average Bonchev–Trinajstić information content (AvgIpc) is 2.50. The van der Waals surface area contributed by atoms with Gasteiger partial charge < -0.3 is 15.4 Å². The smallest absolute Gasteiger partial charge is 0.120 e. The van der Waals surface area contributed by atoms with Crippen LogP contribution in [-0.2, 0) is 13.2 Å². The van der Waals surface area contributed by atoms with Gasteiger partial charge in [0.05, 0.1) is 0 Å². The molecule has 0 atom stereocenters. The van der Waals surface area contributed by atoms with E-state index in [1.54, 1.807) is 0 Å². The quantitative estimate of drug-likeness (QED) is 0.823. The van der Waals surface area contributed by atoms with Crippen LogP contribution in [-0.4, -0.2) is 19.6 Å². The molecule has 116 valence electrons. The van der Waals surface area contributed by atoms with Crippen LogP contribution in [0.2, 0.25) is 5.02 Å². The fourth-order valence-corrected chi connectivity index (χ4v) is 2.53. The van der Waals surface area contributed by atoms with E-state index in [2.05, 4.69) is 22.8 Å². The summed E-state index contributed by atoms with van der Waals surface area (Å²) in [6.07, 6.45) is 0. The molecule has 0 radical (unpaired) electrons. The Kier molecular flexibility index (Phi) is 5.33. The molecule has 1 aliphatic rings. The van der Waals surface area contributed by atoms with Crippen LogP contribution in [0.3, 0.4) is 0 Å². The van der Waals surface area contributed by atoms with Gasteiger partial charge in [0.2, 0.25) is 0 Å². The molecule has 22 heavy (non-hydrogen) atoms. The molecule has 1 heterocycles. The van der Waals surface area contributed by atoms with E-state index in [0.717, 1.165) is 48.4 Å². The number of benzene rings is 2. The lowest BCUT2D eigenvalue weighted by Crippen LogP contribution is -2.47. The first-order valence-corrected chi connectivity index (χ1v) is 8.05. The van der Waals surface area contributed by atoms with Gasteiger partial charge in [0.1, 0.15) is 12.4 Å². The second-order valence-corrected chi connectivity index (χ2v) is 6.15. The SMILES string of the molecule is Clc1ccc(COc2cccc(CNCC3CNC3)c2)cc1. The molecule has 0 saturated carbocycles. The van der Waals surface area contributed by atoms with Gasteiger partial charge in [-0.2, -0.15) is 0 Å². The maximum Gasteiger partial charge on any atom is 0.120 e. The standard InChI is InChI=1S/C18H21ClN2O/c19-17-6-4-14(5-7-17)13-22-18-3-1-2-15(8-18)9-20-10-16-11-21-12-16/h1-8,16,20-21H,9-13H2. The summed E-state index contributed by atoms with van der Waals surface area (Å²) in [4.78, 5) is 0.